The highest BCUT2D eigenvalue weighted by atomic mass is 32.2. The van der Waals surface area contributed by atoms with E-state index in [1.165, 1.54) is 24.3 Å². The molecule has 0 saturated carbocycles. The standard InChI is InChI=1S/C20H27N3O3S/c1-3-5-7-15-13-18(14-16(20(15)21)8-6-4-2)23-22-17-9-11-19(12-10-17)27(24,25)26/h9-14H,3-8,21H2,1-2H3,(H,24,25,26). The van der Waals surface area contributed by atoms with E-state index in [2.05, 4.69) is 24.1 Å². The van der Waals surface area contributed by atoms with E-state index in [0.717, 1.165) is 61.0 Å². The highest BCUT2D eigenvalue weighted by Crippen LogP contribution is 2.29. The lowest BCUT2D eigenvalue weighted by Crippen LogP contribution is -2.00. The fourth-order valence-electron chi connectivity index (χ4n) is 2.77. The topological polar surface area (TPSA) is 105 Å². The van der Waals surface area contributed by atoms with Gasteiger partial charge in [0.25, 0.3) is 10.1 Å². The third kappa shape index (κ3) is 6.15. The van der Waals surface area contributed by atoms with Crippen molar-refractivity contribution in [3.05, 3.63) is 47.5 Å². The Bertz CT molecular complexity index is 862. The maximum atomic E-state index is 11.1. The minimum Gasteiger partial charge on any atom is -0.398 e. The van der Waals surface area contributed by atoms with Crippen molar-refractivity contribution >= 4 is 27.2 Å². The third-order valence-corrected chi connectivity index (χ3v) is 5.22. The van der Waals surface area contributed by atoms with Crippen LogP contribution in [0, 0.1) is 0 Å². The number of azo groups is 1. The summed E-state index contributed by atoms with van der Waals surface area (Å²) in [6.45, 7) is 4.29. The van der Waals surface area contributed by atoms with E-state index >= 15 is 0 Å². The normalized spacial score (nSPS) is 12.0. The summed E-state index contributed by atoms with van der Waals surface area (Å²) in [5.41, 5.74) is 10.6. The van der Waals surface area contributed by atoms with Gasteiger partial charge in [0.1, 0.15) is 0 Å². The Labute approximate surface area is 161 Å². The summed E-state index contributed by atoms with van der Waals surface area (Å²) in [5.74, 6) is 0. The number of hydrogen-bond donors (Lipinski definition) is 2. The number of benzene rings is 2. The molecule has 0 spiro atoms. The van der Waals surface area contributed by atoms with Crippen LogP contribution in [0.15, 0.2) is 51.5 Å². The van der Waals surface area contributed by atoms with Crippen LogP contribution in [0.25, 0.3) is 0 Å². The molecule has 0 aliphatic rings. The summed E-state index contributed by atoms with van der Waals surface area (Å²) < 4.78 is 31.2. The Balaban J connectivity index is 2.29. The minimum atomic E-state index is -4.21. The number of nitrogen functional groups attached to an aromatic ring is 1. The lowest BCUT2D eigenvalue weighted by atomic mass is 9.98. The average Bonchev–Trinajstić information content (AvgIpc) is 2.64. The second-order valence-electron chi connectivity index (χ2n) is 6.55. The van der Waals surface area contributed by atoms with Gasteiger partial charge in [0.15, 0.2) is 0 Å². The molecular formula is C20H27N3O3S. The number of anilines is 1. The van der Waals surface area contributed by atoms with Crippen LogP contribution >= 0.6 is 0 Å². The molecule has 0 radical (unpaired) electrons. The molecule has 0 aliphatic carbocycles. The van der Waals surface area contributed by atoms with Crippen molar-refractivity contribution in [1.82, 2.24) is 0 Å². The van der Waals surface area contributed by atoms with Gasteiger partial charge in [0, 0.05) is 5.69 Å². The summed E-state index contributed by atoms with van der Waals surface area (Å²) in [4.78, 5) is -0.169. The fourth-order valence-corrected chi connectivity index (χ4v) is 3.25. The van der Waals surface area contributed by atoms with Gasteiger partial charge in [-0.25, -0.2) is 0 Å². The quantitative estimate of drug-likeness (QED) is 0.330. The molecule has 7 heteroatoms. The van der Waals surface area contributed by atoms with E-state index < -0.39 is 10.1 Å². The van der Waals surface area contributed by atoms with Crippen LogP contribution in [0.4, 0.5) is 17.1 Å². The highest BCUT2D eigenvalue weighted by molar-refractivity contribution is 7.85. The van der Waals surface area contributed by atoms with Crippen LogP contribution in [0.1, 0.15) is 50.7 Å². The number of aryl methyl sites for hydroxylation is 2. The van der Waals surface area contributed by atoms with E-state index in [0.29, 0.717) is 5.69 Å². The summed E-state index contributed by atoms with van der Waals surface area (Å²) in [5, 5.41) is 8.48. The van der Waals surface area contributed by atoms with E-state index in [1.54, 1.807) is 0 Å². The van der Waals surface area contributed by atoms with Crippen molar-refractivity contribution in [2.45, 2.75) is 57.3 Å². The molecule has 0 bridgehead atoms. The number of nitrogens with zero attached hydrogens (tertiary/aromatic N) is 2. The van der Waals surface area contributed by atoms with Gasteiger partial charge in [0.2, 0.25) is 0 Å². The maximum absolute atomic E-state index is 11.1. The number of unbranched alkanes of at least 4 members (excludes halogenated alkanes) is 2. The Hall–Kier alpha value is -2.25. The van der Waals surface area contributed by atoms with Crippen molar-refractivity contribution in [3.8, 4) is 0 Å². The first-order chi connectivity index (χ1) is 12.8. The molecule has 0 amide bonds. The highest BCUT2D eigenvalue weighted by Gasteiger charge is 2.09. The fraction of sp³-hybridized carbons (Fsp3) is 0.400. The zero-order valence-corrected chi connectivity index (χ0v) is 16.7. The summed E-state index contributed by atoms with van der Waals surface area (Å²) in [6, 6.07) is 9.53. The first-order valence-electron chi connectivity index (χ1n) is 9.25. The lowest BCUT2D eigenvalue weighted by Gasteiger charge is -2.12. The smallest absolute Gasteiger partial charge is 0.294 e. The lowest BCUT2D eigenvalue weighted by molar-refractivity contribution is 0.483. The zero-order valence-electron chi connectivity index (χ0n) is 15.9. The molecule has 6 nitrogen and oxygen atoms in total. The number of nitrogens with two attached hydrogens (primary N) is 1. The second kappa shape index (κ2) is 9.62. The minimum absolute atomic E-state index is 0.169. The molecule has 146 valence electrons. The van der Waals surface area contributed by atoms with E-state index in [9.17, 15) is 8.42 Å². The third-order valence-electron chi connectivity index (χ3n) is 4.35. The first-order valence-corrected chi connectivity index (χ1v) is 10.7. The SMILES string of the molecule is CCCCc1cc(N=Nc2ccc(S(=O)(=O)O)cc2)cc(CCCC)c1N. The monoisotopic (exact) mass is 389 g/mol. The van der Waals surface area contributed by atoms with Gasteiger partial charge in [-0.2, -0.15) is 18.6 Å². The van der Waals surface area contributed by atoms with Gasteiger partial charge in [0.05, 0.1) is 16.3 Å². The Morgan fingerprint density at radius 2 is 1.37 bits per heavy atom. The molecule has 0 unspecified atom stereocenters. The average molecular weight is 390 g/mol. The van der Waals surface area contributed by atoms with Crippen molar-refractivity contribution in [1.29, 1.82) is 0 Å². The van der Waals surface area contributed by atoms with Gasteiger partial charge >= 0.3 is 0 Å². The Morgan fingerprint density at radius 3 is 1.81 bits per heavy atom. The first kappa shape index (κ1) is 21.1. The van der Waals surface area contributed by atoms with Crippen molar-refractivity contribution in [2.75, 3.05) is 5.73 Å². The van der Waals surface area contributed by atoms with Gasteiger partial charge < -0.3 is 5.73 Å². The Morgan fingerprint density at radius 1 is 0.889 bits per heavy atom. The van der Waals surface area contributed by atoms with Crippen LogP contribution in [0.5, 0.6) is 0 Å². The Kier molecular flexibility index (Phi) is 7.50. The van der Waals surface area contributed by atoms with Gasteiger partial charge in [-0.05, 0) is 73.2 Å². The summed E-state index contributed by atoms with van der Waals surface area (Å²) in [7, 11) is -4.21. The van der Waals surface area contributed by atoms with E-state index in [1.807, 2.05) is 12.1 Å². The molecule has 2 aromatic rings. The molecule has 0 fully saturated rings. The van der Waals surface area contributed by atoms with E-state index in [4.69, 9.17) is 10.3 Å². The van der Waals surface area contributed by atoms with Crippen molar-refractivity contribution in [2.24, 2.45) is 10.2 Å². The summed E-state index contributed by atoms with van der Waals surface area (Å²) in [6.07, 6.45) is 6.14. The molecule has 0 heterocycles. The second-order valence-corrected chi connectivity index (χ2v) is 7.98. The zero-order chi connectivity index (χ0) is 19.9. The van der Waals surface area contributed by atoms with Gasteiger partial charge in [-0.1, -0.05) is 26.7 Å². The van der Waals surface area contributed by atoms with Gasteiger partial charge in [-0.3, -0.25) is 4.55 Å². The molecule has 0 atom stereocenters. The molecule has 2 aromatic carbocycles. The van der Waals surface area contributed by atoms with Crippen LogP contribution < -0.4 is 5.73 Å². The molecule has 0 aliphatic heterocycles. The number of hydrogen-bond acceptors (Lipinski definition) is 5. The molecular weight excluding hydrogens is 362 g/mol. The molecule has 0 aromatic heterocycles. The number of rotatable bonds is 9. The van der Waals surface area contributed by atoms with Crippen molar-refractivity contribution in [3.63, 3.8) is 0 Å². The largest absolute Gasteiger partial charge is 0.398 e. The van der Waals surface area contributed by atoms with Crippen LogP contribution in [0.2, 0.25) is 0 Å². The van der Waals surface area contributed by atoms with Crippen LogP contribution in [-0.2, 0) is 23.0 Å². The molecule has 0 saturated heterocycles. The van der Waals surface area contributed by atoms with Crippen LogP contribution in [-0.4, -0.2) is 13.0 Å². The summed E-state index contributed by atoms with van der Waals surface area (Å²) >= 11 is 0. The predicted octanol–water partition coefficient (Wildman–Crippen LogP) is 5.62. The van der Waals surface area contributed by atoms with E-state index in [-0.39, 0.29) is 4.90 Å². The molecule has 2 rings (SSSR count). The molecule has 27 heavy (non-hydrogen) atoms. The molecule has 3 N–H and O–H groups in total. The van der Waals surface area contributed by atoms with Crippen LogP contribution in [0.3, 0.4) is 0 Å². The van der Waals surface area contributed by atoms with Crippen molar-refractivity contribution < 1.29 is 13.0 Å². The van der Waals surface area contributed by atoms with Gasteiger partial charge in [-0.15, -0.1) is 0 Å². The predicted molar refractivity (Wildman–Crippen MR) is 109 cm³/mol. The maximum Gasteiger partial charge on any atom is 0.294 e.